The third kappa shape index (κ3) is 4.80. The molecule has 0 aliphatic carbocycles. The summed E-state index contributed by atoms with van der Waals surface area (Å²) in [6, 6.07) is 12.7. The number of ketones is 2. The molecule has 0 saturated carbocycles. The molecule has 30 heavy (non-hydrogen) atoms. The molecule has 0 radical (unpaired) electrons. The Labute approximate surface area is 174 Å². The van der Waals surface area contributed by atoms with Crippen molar-refractivity contribution in [3.8, 4) is 0 Å². The van der Waals surface area contributed by atoms with E-state index in [4.69, 9.17) is 0 Å². The number of nitrogens with zero attached hydrogens (tertiary/aromatic N) is 1. The number of piperidine rings is 1. The van der Waals surface area contributed by atoms with E-state index in [0.717, 1.165) is 0 Å². The summed E-state index contributed by atoms with van der Waals surface area (Å²) >= 11 is 0. The summed E-state index contributed by atoms with van der Waals surface area (Å²) in [5.74, 6) is -0.775. The molecule has 3 rings (SSSR count). The molecule has 1 saturated heterocycles. The van der Waals surface area contributed by atoms with E-state index in [1.54, 1.807) is 53.4 Å². The van der Waals surface area contributed by atoms with Crippen LogP contribution in [0.5, 0.6) is 0 Å². The van der Waals surface area contributed by atoms with Crippen LogP contribution < -0.4 is 5.32 Å². The Morgan fingerprint density at radius 2 is 1.17 bits per heavy atom. The van der Waals surface area contributed by atoms with Crippen molar-refractivity contribution >= 4 is 23.4 Å². The van der Waals surface area contributed by atoms with Crippen LogP contribution in [0.4, 0.5) is 0 Å². The van der Waals surface area contributed by atoms with Gasteiger partial charge in [-0.05, 0) is 38.1 Å². The Morgan fingerprint density at radius 3 is 1.60 bits per heavy atom. The van der Waals surface area contributed by atoms with Gasteiger partial charge in [0.15, 0.2) is 11.6 Å². The number of rotatable bonds is 5. The number of carbonyl (C=O) groups is 4. The second-order valence-electron chi connectivity index (χ2n) is 7.54. The summed E-state index contributed by atoms with van der Waals surface area (Å²) < 4.78 is 0. The maximum Gasteiger partial charge on any atom is 0.253 e. The highest BCUT2D eigenvalue weighted by Crippen LogP contribution is 2.22. The van der Waals surface area contributed by atoms with Crippen molar-refractivity contribution < 1.29 is 24.3 Å². The summed E-state index contributed by atoms with van der Waals surface area (Å²) in [5, 5.41) is 13.4. The topological polar surface area (TPSA) is 104 Å². The molecule has 0 aromatic heterocycles. The van der Waals surface area contributed by atoms with E-state index in [9.17, 15) is 24.3 Å². The number of Topliss-reactive ketones (excluding diaryl/α,β-unsaturated/α-hetero) is 2. The molecule has 0 bridgehead atoms. The minimum atomic E-state index is -1.41. The van der Waals surface area contributed by atoms with E-state index >= 15 is 0 Å². The molecule has 1 aliphatic heterocycles. The standard InChI is InChI=1S/C23H24N2O5/c1-15(26)17-3-7-19(8-4-17)21(28)24-23(30)11-13-25(14-12-23)22(29)20-9-5-18(6-10-20)16(2)27/h3-10,30H,11-14H2,1-2H3,(H,24,28). The highest BCUT2D eigenvalue weighted by molar-refractivity contribution is 5.99. The first kappa shape index (κ1) is 21.4. The number of benzene rings is 2. The zero-order valence-electron chi connectivity index (χ0n) is 17.0. The van der Waals surface area contributed by atoms with Gasteiger partial charge < -0.3 is 15.3 Å². The molecule has 0 unspecified atom stereocenters. The van der Waals surface area contributed by atoms with Gasteiger partial charge >= 0.3 is 0 Å². The van der Waals surface area contributed by atoms with E-state index in [-0.39, 0.29) is 43.4 Å². The Bertz CT molecular complexity index is 972. The molecule has 2 amide bonds. The van der Waals surface area contributed by atoms with Gasteiger partial charge in [-0.1, -0.05) is 24.3 Å². The Hall–Kier alpha value is -3.32. The number of likely N-dealkylation sites (tertiary alicyclic amines) is 1. The minimum Gasteiger partial charge on any atom is -0.371 e. The lowest BCUT2D eigenvalue weighted by Crippen LogP contribution is -2.56. The second-order valence-corrected chi connectivity index (χ2v) is 7.54. The highest BCUT2D eigenvalue weighted by atomic mass is 16.3. The number of hydrogen-bond donors (Lipinski definition) is 2. The molecule has 1 fully saturated rings. The van der Waals surface area contributed by atoms with Crippen LogP contribution in [0.3, 0.4) is 0 Å². The molecular weight excluding hydrogens is 384 g/mol. The maximum atomic E-state index is 12.7. The zero-order chi connectivity index (χ0) is 21.9. The van der Waals surface area contributed by atoms with Crippen LogP contribution >= 0.6 is 0 Å². The number of aliphatic hydroxyl groups is 1. The van der Waals surface area contributed by atoms with Gasteiger partial charge in [-0.2, -0.15) is 0 Å². The van der Waals surface area contributed by atoms with Crippen LogP contribution in [0.15, 0.2) is 48.5 Å². The lowest BCUT2D eigenvalue weighted by Gasteiger charge is -2.38. The Morgan fingerprint density at radius 1 is 0.767 bits per heavy atom. The molecule has 1 aliphatic rings. The first-order valence-corrected chi connectivity index (χ1v) is 9.75. The predicted molar refractivity (Wildman–Crippen MR) is 110 cm³/mol. The van der Waals surface area contributed by atoms with Crippen molar-refractivity contribution in [2.45, 2.75) is 32.4 Å². The normalized spacial score (nSPS) is 15.4. The van der Waals surface area contributed by atoms with Crippen molar-refractivity contribution in [2.24, 2.45) is 0 Å². The van der Waals surface area contributed by atoms with Crippen LogP contribution in [0.2, 0.25) is 0 Å². The molecular formula is C23H24N2O5. The summed E-state index contributed by atoms with van der Waals surface area (Å²) in [7, 11) is 0. The molecule has 7 nitrogen and oxygen atoms in total. The van der Waals surface area contributed by atoms with E-state index in [1.165, 1.54) is 13.8 Å². The van der Waals surface area contributed by atoms with Crippen molar-refractivity contribution in [3.05, 3.63) is 70.8 Å². The smallest absolute Gasteiger partial charge is 0.253 e. The lowest BCUT2D eigenvalue weighted by atomic mass is 9.98. The lowest BCUT2D eigenvalue weighted by molar-refractivity contribution is -0.0371. The van der Waals surface area contributed by atoms with E-state index in [1.807, 2.05) is 0 Å². The molecule has 2 aromatic rings. The summed E-state index contributed by atoms with van der Waals surface area (Å²) in [6.07, 6.45) is 0.392. The number of carbonyl (C=O) groups excluding carboxylic acids is 4. The third-order valence-corrected chi connectivity index (χ3v) is 5.32. The molecule has 2 N–H and O–H groups in total. The molecule has 7 heteroatoms. The van der Waals surface area contributed by atoms with Crippen LogP contribution in [0.1, 0.15) is 68.1 Å². The maximum absolute atomic E-state index is 12.7. The van der Waals surface area contributed by atoms with Crippen molar-refractivity contribution in [3.63, 3.8) is 0 Å². The molecule has 1 heterocycles. The zero-order valence-corrected chi connectivity index (χ0v) is 17.0. The average molecular weight is 408 g/mol. The SMILES string of the molecule is CC(=O)c1ccc(C(=O)NC2(O)CCN(C(=O)c3ccc(C(C)=O)cc3)CC2)cc1. The number of hydrogen-bond acceptors (Lipinski definition) is 5. The van der Waals surface area contributed by atoms with Gasteiger partial charge in [-0.15, -0.1) is 0 Å². The van der Waals surface area contributed by atoms with E-state index in [0.29, 0.717) is 22.3 Å². The highest BCUT2D eigenvalue weighted by Gasteiger charge is 2.35. The summed E-state index contributed by atoms with van der Waals surface area (Å²) in [4.78, 5) is 49.4. The number of amides is 2. The predicted octanol–water partition coefficient (Wildman–Crippen LogP) is 2.45. The Balaban J connectivity index is 1.59. The first-order chi connectivity index (χ1) is 14.2. The van der Waals surface area contributed by atoms with Gasteiger partial charge in [-0.25, -0.2) is 0 Å². The third-order valence-electron chi connectivity index (χ3n) is 5.32. The number of nitrogens with one attached hydrogen (secondary N) is 1. The van der Waals surface area contributed by atoms with Crippen LogP contribution in [0.25, 0.3) is 0 Å². The van der Waals surface area contributed by atoms with Crippen LogP contribution in [-0.4, -0.2) is 52.2 Å². The fourth-order valence-electron chi connectivity index (χ4n) is 3.37. The summed E-state index contributed by atoms with van der Waals surface area (Å²) in [6.45, 7) is 3.49. The largest absolute Gasteiger partial charge is 0.371 e. The van der Waals surface area contributed by atoms with Crippen molar-refractivity contribution in [1.29, 1.82) is 0 Å². The monoisotopic (exact) mass is 408 g/mol. The quantitative estimate of drug-likeness (QED) is 0.584. The molecule has 156 valence electrons. The molecule has 2 aromatic carbocycles. The second kappa shape index (κ2) is 8.59. The van der Waals surface area contributed by atoms with Crippen LogP contribution in [-0.2, 0) is 0 Å². The van der Waals surface area contributed by atoms with Gasteiger partial charge in [0, 0.05) is 48.2 Å². The molecule has 0 spiro atoms. The van der Waals surface area contributed by atoms with Gasteiger partial charge in [0.2, 0.25) is 0 Å². The van der Waals surface area contributed by atoms with Gasteiger partial charge in [0.1, 0.15) is 5.72 Å². The van der Waals surface area contributed by atoms with Gasteiger partial charge in [0.05, 0.1) is 0 Å². The van der Waals surface area contributed by atoms with E-state index < -0.39 is 11.6 Å². The van der Waals surface area contributed by atoms with Crippen molar-refractivity contribution in [1.82, 2.24) is 10.2 Å². The van der Waals surface area contributed by atoms with E-state index in [2.05, 4.69) is 5.32 Å². The van der Waals surface area contributed by atoms with Crippen molar-refractivity contribution in [2.75, 3.05) is 13.1 Å². The van der Waals surface area contributed by atoms with Crippen LogP contribution in [0, 0.1) is 0 Å². The average Bonchev–Trinajstić information content (AvgIpc) is 2.73. The Kier molecular flexibility index (Phi) is 6.12. The van der Waals surface area contributed by atoms with Gasteiger partial charge in [-0.3, -0.25) is 19.2 Å². The molecule has 0 atom stereocenters. The summed E-state index contributed by atoms with van der Waals surface area (Å²) in [5.41, 5.74) is 0.454. The fraction of sp³-hybridized carbons (Fsp3) is 0.304. The van der Waals surface area contributed by atoms with Gasteiger partial charge in [0.25, 0.3) is 11.8 Å². The fourth-order valence-corrected chi connectivity index (χ4v) is 3.37. The minimum absolute atomic E-state index is 0.0660. The first-order valence-electron chi connectivity index (χ1n) is 9.75.